The van der Waals surface area contributed by atoms with E-state index in [9.17, 15) is 37.3 Å². The summed E-state index contributed by atoms with van der Waals surface area (Å²) in [6, 6.07) is 37.0. The van der Waals surface area contributed by atoms with Gasteiger partial charge in [0.05, 0.1) is 0 Å². The summed E-state index contributed by atoms with van der Waals surface area (Å²) in [5, 5.41) is 43.0. The standard InChI is InChI=1S/C10H7BrO4S.C10H7BrO.C10H9NO4S.C10H9NO.2H2O4S/c11-8-3-1-2-7-6(8)4-5-9(12)10(7)16(13,14)15;11-10-3-1-2-7-6-8(12)4-5-9(7)10;11-8-3-1-2-7-6(8)4-5-9(12)10(7)16(13,14)15;11-10-3-1-2-7-6-8(12)4-5-9(7)10;2*1-5(2,3)4/h1-5,12H,(H,13,14,15);1-6,12H;1-5,12H,11H2,(H,13,14,15);1-6,12H,11H2;2*(H2,1,2,3,4). The van der Waals surface area contributed by atoms with Crippen LogP contribution in [0.4, 0.5) is 11.4 Å². The molecule has 0 radical (unpaired) electrons. The summed E-state index contributed by atoms with van der Waals surface area (Å²) in [4.78, 5) is -0.983. The van der Waals surface area contributed by atoms with Gasteiger partial charge in [-0.2, -0.15) is 33.7 Å². The van der Waals surface area contributed by atoms with Crippen molar-refractivity contribution in [1.82, 2.24) is 0 Å². The quantitative estimate of drug-likeness (QED) is 0.0575. The highest BCUT2D eigenvalue weighted by atomic mass is 79.9. The monoisotopic (exact) mass is 1120 g/mol. The van der Waals surface area contributed by atoms with Gasteiger partial charge in [0, 0.05) is 41.9 Å². The van der Waals surface area contributed by atoms with Crippen molar-refractivity contribution in [3.05, 3.63) is 142 Å². The summed E-state index contributed by atoms with van der Waals surface area (Å²) in [7, 11) is -18.3. The molecule has 14 N–H and O–H groups in total. The molecule has 8 rings (SSSR count). The fourth-order valence-corrected chi connectivity index (χ4v) is 8.28. The van der Waals surface area contributed by atoms with Crippen LogP contribution in [0.5, 0.6) is 23.0 Å². The highest BCUT2D eigenvalue weighted by molar-refractivity contribution is 9.11. The van der Waals surface area contributed by atoms with Gasteiger partial charge in [0.15, 0.2) is 0 Å². The van der Waals surface area contributed by atoms with E-state index in [1.807, 2.05) is 48.5 Å². The van der Waals surface area contributed by atoms with Gasteiger partial charge in [-0.1, -0.05) is 80.4 Å². The Morgan fingerprint density at radius 1 is 0.364 bits per heavy atom. The van der Waals surface area contributed by atoms with Gasteiger partial charge in [-0.25, -0.2) is 0 Å². The molecule has 0 aliphatic heterocycles. The number of nitrogen functional groups attached to an aromatic ring is 2. The minimum atomic E-state index is -4.67. The Bertz CT molecular complexity index is 3260. The summed E-state index contributed by atoms with van der Waals surface area (Å²) in [5.74, 6) is -0.387. The second kappa shape index (κ2) is 22.5. The van der Waals surface area contributed by atoms with Crippen molar-refractivity contribution in [2.75, 3.05) is 11.5 Å². The fourth-order valence-electron chi connectivity index (χ4n) is 5.69. The van der Waals surface area contributed by atoms with Crippen molar-refractivity contribution in [3.63, 3.8) is 0 Å². The number of fused-ring (bicyclic) bond motifs is 4. The van der Waals surface area contributed by atoms with Crippen LogP contribution < -0.4 is 11.5 Å². The maximum atomic E-state index is 11.2. The summed E-state index contributed by atoms with van der Waals surface area (Å²) in [6.07, 6.45) is 0. The maximum absolute atomic E-state index is 11.2. The van der Waals surface area contributed by atoms with Crippen molar-refractivity contribution in [2.45, 2.75) is 9.79 Å². The van der Waals surface area contributed by atoms with Crippen molar-refractivity contribution in [3.8, 4) is 23.0 Å². The summed E-state index contributed by atoms with van der Waals surface area (Å²) in [6.45, 7) is 0. The van der Waals surface area contributed by atoms with Crippen LogP contribution in [-0.2, 0) is 41.0 Å². The van der Waals surface area contributed by atoms with Crippen molar-refractivity contribution < 1.29 is 81.4 Å². The van der Waals surface area contributed by atoms with Gasteiger partial charge in [-0.05, 0) is 106 Å². The normalized spacial score (nSPS) is 11.3. The van der Waals surface area contributed by atoms with Crippen LogP contribution in [0.15, 0.2) is 152 Å². The molecule has 8 aromatic rings. The van der Waals surface area contributed by atoms with E-state index in [0.29, 0.717) is 26.7 Å². The van der Waals surface area contributed by atoms with E-state index in [0.717, 1.165) is 31.7 Å². The van der Waals surface area contributed by atoms with Gasteiger partial charge in [0.1, 0.15) is 32.8 Å². The SMILES string of the molecule is Nc1cccc2c(S(=O)(=O)O)c(O)ccc12.Nc1cccc2cc(O)ccc12.O=S(=O)(O)O.O=S(=O)(O)O.O=S(=O)(O)c1c(O)ccc2c(Br)cccc12.Oc1ccc2c(Br)cccc2c1. The van der Waals surface area contributed by atoms with Crippen LogP contribution in [0, 0.1) is 0 Å². The molecule has 0 saturated heterocycles. The molecule has 8 aromatic carbocycles. The number of phenols is 4. The topological polar surface area (TPSA) is 391 Å². The van der Waals surface area contributed by atoms with E-state index in [-0.39, 0.29) is 16.5 Å². The predicted molar refractivity (Wildman–Crippen MR) is 255 cm³/mol. The molecule has 0 spiro atoms. The zero-order valence-electron chi connectivity index (χ0n) is 33.0. The van der Waals surface area contributed by atoms with Gasteiger partial charge in [-0.15, -0.1) is 0 Å². The van der Waals surface area contributed by atoms with E-state index in [1.165, 1.54) is 30.3 Å². The number of phenolic OH excluding ortho intramolecular Hbond substituents is 4. The number of aromatic hydroxyl groups is 4. The second-order valence-corrected chi connectivity index (χ2v) is 19.1. The number of hydrogen-bond acceptors (Lipinski definition) is 14. The summed E-state index contributed by atoms with van der Waals surface area (Å²) < 4.78 is 128. The largest absolute Gasteiger partial charge is 0.508 e. The van der Waals surface area contributed by atoms with Gasteiger partial charge in [-0.3, -0.25) is 27.3 Å². The highest BCUT2D eigenvalue weighted by Gasteiger charge is 2.21. The molecule has 352 valence electrons. The van der Waals surface area contributed by atoms with Crippen LogP contribution in [0.1, 0.15) is 0 Å². The Balaban J connectivity index is 0.000000220. The molecule has 0 fully saturated rings. The van der Waals surface area contributed by atoms with Crippen LogP contribution in [-0.4, -0.2) is 81.4 Å². The minimum absolute atomic E-state index is 0.197. The third-order valence-corrected chi connectivity index (χ3v) is 11.5. The Labute approximate surface area is 392 Å². The van der Waals surface area contributed by atoms with Crippen LogP contribution in [0.2, 0.25) is 0 Å². The van der Waals surface area contributed by atoms with Crippen LogP contribution in [0.25, 0.3) is 43.1 Å². The van der Waals surface area contributed by atoms with Crippen molar-refractivity contribution in [2.24, 2.45) is 0 Å². The first-order valence-electron chi connectivity index (χ1n) is 17.5. The number of nitrogens with two attached hydrogens (primary N) is 2. The van der Waals surface area contributed by atoms with E-state index < -0.39 is 62.3 Å². The molecule has 0 aliphatic rings. The molecule has 66 heavy (non-hydrogen) atoms. The zero-order chi connectivity index (χ0) is 49.9. The highest BCUT2D eigenvalue weighted by Crippen LogP contribution is 2.35. The molecular weight excluding hydrogens is 1080 g/mol. The molecule has 0 amide bonds. The molecule has 20 nitrogen and oxygen atoms in total. The van der Waals surface area contributed by atoms with Gasteiger partial charge in [0.25, 0.3) is 20.2 Å². The number of hydrogen-bond donors (Lipinski definition) is 12. The number of rotatable bonds is 2. The molecule has 0 bridgehead atoms. The second-order valence-electron chi connectivity index (χ2n) is 12.8. The number of halogens is 2. The smallest absolute Gasteiger partial charge is 0.394 e. The first kappa shape index (κ1) is 54.5. The maximum Gasteiger partial charge on any atom is 0.394 e. The fraction of sp³-hybridized carbons (Fsp3) is 0. The van der Waals surface area contributed by atoms with Gasteiger partial charge in [0.2, 0.25) is 0 Å². The lowest BCUT2D eigenvalue weighted by Gasteiger charge is -2.07. The van der Waals surface area contributed by atoms with Gasteiger partial charge >= 0.3 is 20.8 Å². The first-order chi connectivity index (χ1) is 30.4. The molecule has 0 unspecified atom stereocenters. The molecule has 0 aromatic heterocycles. The average molecular weight is 1120 g/mol. The van der Waals surface area contributed by atoms with Crippen LogP contribution >= 0.6 is 31.9 Å². The average Bonchev–Trinajstić information content (AvgIpc) is 3.16. The first-order valence-corrected chi connectivity index (χ1v) is 24.7. The van der Waals surface area contributed by atoms with E-state index in [1.54, 1.807) is 54.6 Å². The molecule has 0 aliphatic carbocycles. The molecule has 0 heterocycles. The molecule has 0 saturated carbocycles. The van der Waals surface area contributed by atoms with E-state index >= 15 is 0 Å². The Kier molecular flexibility index (Phi) is 18.6. The van der Waals surface area contributed by atoms with E-state index in [4.69, 9.17) is 55.6 Å². The lowest BCUT2D eigenvalue weighted by atomic mass is 10.1. The van der Waals surface area contributed by atoms with E-state index in [2.05, 4.69) is 31.9 Å². The van der Waals surface area contributed by atoms with Crippen molar-refractivity contribution >= 4 is 127 Å². The van der Waals surface area contributed by atoms with Crippen LogP contribution in [0.3, 0.4) is 0 Å². The Hall–Kier alpha value is -5.88. The summed E-state index contributed by atoms with van der Waals surface area (Å²) >= 11 is 6.70. The van der Waals surface area contributed by atoms with Crippen molar-refractivity contribution in [1.29, 1.82) is 0 Å². The third-order valence-electron chi connectivity index (χ3n) is 8.19. The lowest BCUT2D eigenvalue weighted by Crippen LogP contribution is -2.00. The molecule has 0 atom stereocenters. The number of benzene rings is 8. The number of anilines is 2. The zero-order valence-corrected chi connectivity index (χ0v) is 39.4. The molecule has 26 heteroatoms. The summed E-state index contributed by atoms with van der Waals surface area (Å²) in [5.41, 5.74) is 12.5. The Morgan fingerprint density at radius 3 is 1.14 bits per heavy atom. The lowest BCUT2D eigenvalue weighted by molar-refractivity contribution is 0.378. The predicted octanol–water partition coefficient (Wildman–Crippen LogP) is 8.06. The Morgan fingerprint density at radius 2 is 0.682 bits per heavy atom. The molecular formula is C40H36Br2N2O18S4. The third kappa shape index (κ3) is 16.8. The van der Waals surface area contributed by atoms with Gasteiger partial charge < -0.3 is 31.9 Å². The minimum Gasteiger partial charge on any atom is -0.508 e.